The molecule has 44 heteroatoms. The summed E-state index contributed by atoms with van der Waals surface area (Å²) in [5.41, 5.74) is 22.4. The first-order valence-electron chi connectivity index (χ1n) is 34.8. The van der Waals surface area contributed by atoms with Crippen LogP contribution in [0.25, 0.3) is 0 Å². The Labute approximate surface area is 662 Å². The standard InChI is InChI=1S/2C7H14N2O2.5C6H12N2O2.C6H13NO.2C4H9NO.5C2H5NO/c2*1-6(10)8-4-3-5-9-7(2)11;5*1-5(9)7-3-4-8-6(2)10;1-3-4-5-7-6(2)8;2*1-3-5-4(2)6;5*1-2(3)4/h2*3-5H2,1-2H3,(H,8,10)(H,9,11);5*3-4H2,1-2H3,(H,7,9)(H,8,10);3-5H2,1-2H3,(H,7,8);2*3H2,1-2H3,(H,5,6);5*1H3,(H2,3,4). The van der Waals surface area contributed by atoms with Gasteiger partial charge >= 0.3 is 0 Å². The van der Waals surface area contributed by atoms with E-state index < -0.39 is 0 Å². The molecule has 0 aromatic carbocycles. The lowest BCUT2D eigenvalue weighted by Crippen LogP contribution is -2.32. The number of rotatable bonds is 28. The summed E-state index contributed by atoms with van der Waals surface area (Å²) < 4.78 is 0. The second kappa shape index (κ2) is 113. The molecule has 0 radical (unpaired) electrons. The summed E-state index contributed by atoms with van der Waals surface area (Å²) in [4.78, 5) is 220. The van der Waals surface area contributed by atoms with E-state index in [0.717, 1.165) is 45.3 Å². The molecule has 0 aliphatic heterocycles. The van der Waals surface area contributed by atoms with Gasteiger partial charge < -0.3 is 119 Å². The molecule has 0 aliphatic rings. The Morgan fingerprint density at radius 1 is 0.152 bits per heavy atom. The summed E-state index contributed by atoms with van der Waals surface area (Å²) in [5.74, 6) is -2.44. The Kier molecular flexibility index (Phi) is 137. The fraction of sp³-hybridized carbons (Fsp3) is 0.676. The number of unbranched alkanes of at least 4 members (excludes halogenated alkanes) is 1. The van der Waals surface area contributed by atoms with Crippen molar-refractivity contribution in [3.05, 3.63) is 0 Å². The van der Waals surface area contributed by atoms with Gasteiger partial charge in [-0.15, -0.1) is 0 Å². The summed E-state index contributed by atoms with van der Waals surface area (Å²) in [5, 5.41) is 43.8. The molecule has 44 nitrogen and oxygen atoms in total. The van der Waals surface area contributed by atoms with Crippen molar-refractivity contribution in [2.45, 2.75) is 199 Å². The molecule has 658 valence electrons. The fourth-order valence-electron chi connectivity index (χ4n) is 4.56. The van der Waals surface area contributed by atoms with Crippen LogP contribution in [0.15, 0.2) is 0 Å². The highest BCUT2D eigenvalue weighted by Gasteiger charge is 1.97. The van der Waals surface area contributed by atoms with Gasteiger partial charge in [0.15, 0.2) is 0 Å². The minimum atomic E-state index is -0.333. The number of nitrogens with two attached hydrogens (primary N) is 5. The van der Waals surface area contributed by atoms with E-state index in [0.29, 0.717) is 91.6 Å². The van der Waals surface area contributed by atoms with Crippen molar-refractivity contribution >= 4 is 130 Å². The fourth-order valence-corrected chi connectivity index (χ4v) is 4.56. The van der Waals surface area contributed by atoms with Gasteiger partial charge in [-0.3, -0.25) is 105 Å². The van der Waals surface area contributed by atoms with Gasteiger partial charge in [-0.2, -0.15) is 0 Å². The molecule has 0 saturated carbocycles. The minimum absolute atomic E-state index is 0.0344. The zero-order valence-electron chi connectivity index (χ0n) is 71.2. The Balaban J connectivity index is -0.0000000701. The number of hydrogen-bond donors (Lipinski definition) is 22. The third-order valence-electron chi connectivity index (χ3n) is 8.32. The van der Waals surface area contributed by atoms with E-state index in [-0.39, 0.29) is 130 Å². The number of amides is 22. The molecule has 0 saturated heterocycles. The van der Waals surface area contributed by atoms with E-state index in [1.54, 1.807) is 0 Å². The summed E-state index contributed by atoms with van der Waals surface area (Å²) in [7, 11) is 0. The van der Waals surface area contributed by atoms with Crippen LogP contribution in [0.4, 0.5) is 0 Å². The maximum atomic E-state index is 10.3. The molecular weight excluding hydrogens is 1480 g/mol. The van der Waals surface area contributed by atoms with Gasteiger partial charge in [0.05, 0.1) is 0 Å². The van der Waals surface area contributed by atoms with Crippen molar-refractivity contribution in [2.24, 2.45) is 28.7 Å². The van der Waals surface area contributed by atoms with Gasteiger partial charge in [0, 0.05) is 264 Å². The molecule has 112 heavy (non-hydrogen) atoms. The Morgan fingerprint density at radius 3 is 0.295 bits per heavy atom. The molecule has 22 amide bonds. The third kappa shape index (κ3) is 368. The quantitative estimate of drug-likeness (QED) is 0.0325. The lowest BCUT2D eigenvalue weighted by Gasteiger charge is -2.01. The number of hydrogen-bond acceptors (Lipinski definition) is 22. The molecule has 0 atom stereocenters. The van der Waals surface area contributed by atoms with Gasteiger partial charge in [-0.25, -0.2) is 0 Å². The molecule has 0 aliphatic carbocycles. The predicted molar refractivity (Wildman–Crippen MR) is 427 cm³/mol. The van der Waals surface area contributed by atoms with Crippen molar-refractivity contribution < 1.29 is 105 Å². The van der Waals surface area contributed by atoms with Crippen LogP contribution in [0.2, 0.25) is 0 Å². The van der Waals surface area contributed by atoms with Crippen LogP contribution in [0.3, 0.4) is 0 Å². The number of primary amides is 5. The maximum Gasteiger partial charge on any atom is 0.216 e. The first-order valence-corrected chi connectivity index (χ1v) is 34.8. The summed E-state index contributed by atoms with van der Waals surface area (Å²) in [6, 6.07) is 0. The molecule has 0 aromatic heterocycles. The van der Waals surface area contributed by atoms with Crippen LogP contribution in [0.1, 0.15) is 199 Å². The van der Waals surface area contributed by atoms with Gasteiger partial charge in [-0.05, 0) is 33.1 Å². The number of carbonyl (C=O) groups is 22. The van der Waals surface area contributed by atoms with Crippen molar-refractivity contribution in [3.8, 4) is 0 Å². The van der Waals surface area contributed by atoms with Crippen LogP contribution in [0, 0.1) is 0 Å². The van der Waals surface area contributed by atoms with Crippen molar-refractivity contribution in [3.63, 3.8) is 0 Å². The lowest BCUT2D eigenvalue weighted by molar-refractivity contribution is -0.120. The average Bonchev–Trinajstić information content (AvgIpc) is 1.27. The van der Waals surface area contributed by atoms with Crippen molar-refractivity contribution in [1.29, 1.82) is 0 Å². The largest absolute Gasteiger partial charge is 0.370 e. The molecule has 0 bridgehead atoms. The monoisotopic (exact) mass is 1620 g/mol. The molecule has 0 spiro atoms. The first kappa shape index (κ1) is 136. The van der Waals surface area contributed by atoms with Crippen LogP contribution in [0.5, 0.6) is 0 Å². The number of nitrogens with one attached hydrogen (secondary N) is 17. The molecule has 0 aromatic rings. The van der Waals surface area contributed by atoms with E-state index in [1.807, 2.05) is 13.8 Å². The van der Waals surface area contributed by atoms with E-state index in [9.17, 15) is 105 Å². The summed E-state index contributed by atoms with van der Waals surface area (Å²) in [6.45, 7) is 46.9. The predicted octanol–water partition coefficient (Wildman–Crippen LogP) is -5.74. The lowest BCUT2D eigenvalue weighted by atomic mass is 10.3. The Morgan fingerprint density at radius 2 is 0.232 bits per heavy atom. The van der Waals surface area contributed by atoms with Crippen LogP contribution >= 0.6 is 0 Å². The van der Waals surface area contributed by atoms with E-state index in [4.69, 9.17) is 0 Å². The van der Waals surface area contributed by atoms with E-state index in [2.05, 4.69) is 126 Å². The zero-order valence-corrected chi connectivity index (χ0v) is 71.2. The maximum absolute atomic E-state index is 10.3. The zero-order chi connectivity index (χ0) is 91.6. The SMILES string of the molecule is CC(=O)NCCCNC(C)=O.CC(=O)NCCCNC(C)=O.CC(=O)NCCNC(C)=O.CC(=O)NCCNC(C)=O.CC(=O)NCCNC(C)=O.CC(=O)NCCNC(C)=O.CC(=O)NCCNC(C)=O.CC(N)=O.CC(N)=O.CC(N)=O.CC(N)=O.CC(N)=O.CCCCNC(C)=O.CCNC(C)=O.CCNC(C)=O. The number of carbonyl (C=O) groups excluding carboxylic acids is 22. The average molecular weight is 1620 g/mol. The molecular formula is C68H144N22O22. The van der Waals surface area contributed by atoms with E-state index >= 15 is 0 Å². The van der Waals surface area contributed by atoms with Crippen molar-refractivity contribution in [2.75, 3.05) is 111 Å². The Bertz CT molecular complexity index is 2150. The van der Waals surface area contributed by atoms with Crippen LogP contribution < -0.4 is 119 Å². The van der Waals surface area contributed by atoms with Crippen molar-refractivity contribution in [1.82, 2.24) is 90.4 Å². The molecule has 0 fully saturated rings. The normalized spacial score (nSPS) is 8.15. The van der Waals surface area contributed by atoms with Gasteiger partial charge in [0.2, 0.25) is 130 Å². The van der Waals surface area contributed by atoms with Gasteiger partial charge in [0.1, 0.15) is 0 Å². The highest BCUT2D eigenvalue weighted by atomic mass is 16.2. The summed E-state index contributed by atoms with van der Waals surface area (Å²) >= 11 is 0. The Hall–Kier alpha value is -11.7. The van der Waals surface area contributed by atoms with Gasteiger partial charge in [0.25, 0.3) is 0 Å². The highest BCUT2D eigenvalue weighted by molar-refractivity contribution is 5.79. The first-order chi connectivity index (χ1) is 51.4. The third-order valence-corrected chi connectivity index (χ3v) is 8.32. The minimum Gasteiger partial charge on any atom is -0.370 e. The second-order valence-corrected chi connectivity index (χ2v) is 21.5. The topological polar surface area (TPSA) is 710 Å². The highest BCUT2D eigenvalue weighted by Crippen LogP contribution is 1.81. The molecule has 27 N–H and O–H groups in total. The smallest absolute Gasteiger partial charge is 0.216 e. The second-order valence-electron chi connectivity index (χ2n) is 21.5. The summed E-state index contributed by atoms with van der Waals surface area (Å²) in [6.07, 6.45) is 3.78. The van der Waals surface area contributed by atoms with Gasteiger partial charge in [-0.1, -0.05) is 13.3 Å². The van der Waals surface area contributed by atoms with Crippen LogP contribution in [-0.2, 0) is 105 Å². The molecule has 0 rings (SSSR count). The molecule has 0 heterocycles. The van der Waals surface area contributed by atoms with E-state index in [1.165, 1.54) is 152 Å². The molecule has 0 unspecified atom stereocenters. The van der Waals surface area contributed by atoms with Crippen LogP contribution in [-0.4, -0.2) is 241 Å².